The van der Waals surface area contributed by atoms with Crippen LogP contribution in [-0.2, 0) is 13.0 Å². The predicted octanol–water partition coefficient (Wildman–Crippen LogP) is 4.94. The molecule has 0 aliphatic rings. The number of benzene rings is 2. The van der Waals surface area contributed by atoms with Crippen molar-refractivity contribution in [2.24, 2.45) is 0 Å². The molecule has 0 fully saturated rings. The van der Waals surface area contributed by atoms with Gasteiger partial charge in [-0.2, -0.15) is 0 Å². The summed E-state index contributed by atoms with van der Waals surface area (Å²) in [5.41, 5.74) is 5.07. The van der Waals surface area contributed by atoms with Crippen molar-refractivity contribution < 1.29 is 0 Å². The lowest BCUT2D eigenvalue weighted by atomic mass is 10.1. The van der Waals surface area contributed by atoms with Crippen molar-refractivity contribution in [2.75, 3.05) is 6.54 Å². The Bertz CT molecular complexity index is 573. The number of aryl methyl sites for hydroxylation is 2. The van der Waals surface area contributed by atoms with Crippen LogP contribution >= 0.6 is 23.2 Å². The third-order valence-electron chi connectivity index (χ3n) is 3.20. The van der Waals surface area contributed by atoms with Crippen molar-refractivity contribution in [1.29, 1.82) is 0 Å². The Kier molecular flexibility index (Phi) is 5.47. The fraction of sp³-hybridized carbons (Fsp3) is 0.294. The Morgan fingerprint density at radius 2 is 1.65 bits per heavy atom. The molecule has 0 unspecified atom stereocenters. The molecule has 0 aliphatic carbocycles. The van der Waals surface area contributed by atoms with Gasteiger partial charge in [0.15, 0.2) is 0 Å². The van der Waals surface area contributed by atoms with Gasteiger partial charge in [0.1, 0.15) is 0 Å². The molecule has 2 aromatic carbocycles. The molecule has 0 aromatic heterocycles. The zero-order valence-electron chi connectivity index (χ0n) is 11.8. The minimum absolute atomic E-state index is 0.682. The number of halogens is 2. The number of hydrogen-bond acceptors (Lipinski definition) is 1. The molecule has 0 saturated heterocycles. The SMILES string of the molecule is Cc1cc(C)cc(CNCCc2ccc(Cl)cc2Cl)c1. The molecule has 1 nitrogen and oxygen atoms in total. The van der Waals surface area contributed by atoms with Crippen molar-refractivity contribution in [3.8, 4) is 0 Å². The quantitative estimate of drug-likeness (QED) is 0.771. The van der Waals surface area contributed by atoms with E-state index in [0.29, 0.717) is 5.02 Å². The van der Waals surface area contributed by atoms with Crippen molar-refractivity contribution in [3.63, 3.8) is 0 Å². The molecule has 0 radical (unpaired) electrons. The third-order valence-corrected chi connectivity index (χ3v) is 3.78. The summed E-state index contributed by atoms with van der Waals surface area (Å²) >= 11 is 12.0. The van der Waals surface area contributed by atoms with Gasteiger partial charge in [0, 0.05) is 16.6 Å². The first-order chi connectivity index (χ1) is 9.54. The highest BCUT2D eigenvalue weighted by molar-refractivity contribution is 6.35. The van der Waals surface area contributed by atoms with E-state index >= 15 is 0 Å². The zero-order chi connectivity index (χ0) is 14.5. The molecule has 2 rings (SSSR count). The highest BCUT2D eigenvalue weighted by Gasteiger charge is 2.01. The van der Waals surface area contributed by atoms with E-state index in [1.165, 1.54) is 16.7 Å². The molecule has 0 amide bonds. The first-order valence-electron chi connectivity index (χ1n) is 6.76. The van der Waals surface area contributed by atoms with Crippen LogP contribution in [-0.4, -0.2) is 6.54 Å². The maximum Gasteiger partial charge on any atom is 0.0453 e. The molecular weight excluding hydrogens is 289 g/mol. The fourth-order valence-electron chi connectivity index (χ4n) is 2.35. The van der Waals surface area contributed by atoms with Crippen LogP contribution in [0.5, 0.6) is 0 Å². The average molecular weight is 308 g/mol. The monoisotopic (exact) mass is 307 g/mol. The first-order valence-corrected chi connectivity index (χ1v) is 7.52. The minimum atomic E-state index is 0.682. The molecule has 106 valence electrons. The molecule has 2 aromatic rings. The van der Waals surface area contributed by atoms with Gasteiger partial charge < -0.3 is 5.32 Å². The van der Waals surface area contributed by atoms with Crippen molar-refractivity contribution >= 4 is 23.2 Å². The second-order valence-electron chi connectivity index (χ2n) is 5.16. The van der Waals surface area contributed by atoms with Gasteiger partial charge in [0.25, 0.3) is 0 Å². The zero-order valence-corrected chi connectivity index (χ0v) is 13.4. The Morgan fingerprint density at radius 1 is 0.950 bits per heavy atom. The summed E-state index contributed by atoms with van der Waals surface area (Å²) < 4.78 is 0. The number of rotatable bonds is 5. The van der Waals surface area contributed by atoms with Crippen molar-refractivity contribution in [1.82, 2.24) is 5.32 Å². The van der Waals surface area contributed by atoms with Crippen LogP contribution in [0.25, 0.3) is 0 Å². The second kappa shape index (κ2) is 7.12. The maximum absolute atomic E-state index is 6.15. The van der Waals surface area contributed by atoms with E-state index in [4.69, 9.17) is 23.2 Å². The van der Waals surface area contributed by atoms with E-state index in [1.807, 2.05) is 12.1 Å². The first kappa shape index (κ1) is 15.4. The molecule has 1 N–H and O–H groups in total. The summed E-state index contributed by atoms with van der Waals surface area (Å²) in [6.07, 6.45) is 0.904. The predicted molar refractivity (Wildman–Crippen MR) is 87.8 cm³/mol. The van der Waals surface area contributed by atoms with E-state index in [0.717, 1.165) is 30.1 Å². The summed E-state index contributed by atoms with van der Waals surface area (Å²) in [5, 5.41) is 4.88. The largest absolute Gasteiger partial charge is 0.312 e. The molecule has 3 heteroatoms. The van der Waals surface area contributed by atoms with Gasteiger partial charge in [-0.1, -0.05) is 58.6 Å². The lowest BCUT2D eigenvalue weighted by molar-refractivity contribution is 0.686. The van der Waals surface area contributed by atoms with Gasteiger partial charge in [-0.15, -0.1) is 0 Å². The van der Waals surface area contributed by atoms with E-state index in [-0.39, 0.29) is 0 Å². The Morgan fingerprint density at radius 3 is 2.30 bits per heavy atom. The molecule has 0 heterocycles. The minimum Gasteiger partial charge on any atom is -0.312 e. The van der Waals surface area contributed by atoms with Crippen LogP contribution in [0.15, 0.2) is 36.4 Å². The van der Waals surface area contributed by atoms with Crippen LogP contribution in [0.4, 0.5) is 0 Å². The van der Waals surface area contributed by atoms with Crippen molar-refractivity contribution in [3.05, 3.63) is 68.7 Å². The van der Waals surface area contributed by atoms with Gasteiger partial charge in [0.05, 0.1) is 0 Å². The van der Waals surface area contributed by atoms with Gasteiger partial charge >= 0.3 is 0 Å². The van der Waals surface area contributed by atoms with Crippen LogP contribution < -0.4 is 5.32 Å². The Balaban J connectivity index is 1.84. The molecule has 20 heavy (non-hydrogen) atoms. The molecular formula is C17H19Cl2N. The maximum atomic E-state index is 6.15. The molecule has 0 saturated carbocycles. The van der Waals surface area contributed by atoms with Gasteiger partial charge in [0.2, 0.25) is 0 Å². The number of hydrogen-bond donors (Lipinski definition) is 1. The van der Waals surface area contributed by atoms with E-state index in [9.17, 15) is 0 Å². The smallest absolute Gasteiger partial charge is 0.0453 e. The van der Waals surface area contributed by atoms with Gasteiger partial charge in [-0.25, -0.2) is 0 Å². The fourth-order valence-corrected chi connectivity index (χ4v) is 2.85. The standard InChI is InChI=1S/C17H19Cl2N/c1-12-7-13(2)9-14(8-12)11-20-6-5-15-3-4-16(18)10-17(15)19/h3-4,7-10,20H,5-6,11H2,1-2H3. The van der Waals surface area contributed by atoms with Crippen LogP contribution in [0, 0.1) is 13.8 Å². The average Bonchev–Trinajstić information content (AvgIpc) is 2.35. The normalized spacial score (nSPS) is 10.8. The second-order valence-corrected chi connectivity index (χ2v) is 6.00. The Labute approximate surface area is 130 Å². The van der Waals surface area contributed by atoms with E-state index < -0.39 is 0 Å². The third kappa shape index (κ3) is 4.52. The molecule has 0 bridgehead atoms. The highest BCUT2D eigenvalue weighted by atomic mass is 35.5. The van der Waals surface area contributed by atoms with Crippen LogP contribution in [0.1, 0.15) is 22.3 Å². The summed E-state index contributed by atoms with van der Waals surface area (Å²) in [6, 6.07) is 12.3. The summed E-state index contributed by atoms with van der Waals surface area (Å²) in [5.74, 6) is 0. The summed E-state index contributed by atoms with van der Waals surface area (Å²) in [7, 11) is 0. The summed E-state index contributed by atoms with van der Waals surface area (Å²) in [4.78, 5) is 0. The molecule has 0 atom stereocenters. The molecule has 0 spiro atoms. The van der Waals surface area contributed by atoms with Crippen molar-refractivity contribution in [2.45, 2.75) is 26.8 Å². The highest BCUT2D eigenvalue weighted by Crippen LogP contribution is 2.21. The summed E-state index contributed by atoms with van der Waals surface area (Å²) in [6.45, 7) is 6.04. The molecule has 0 aliphatic heterocycles. The van der Waals surface area contributed by atoms with Crippen LogP contribution in [0.2, 0.25) is 10.0 Å². The number of nitrogens with one attached hydrogen (secondary N) is 1. The van der Waals surface area contributed by atoms with Gasteiger partial charge in [-0.05, 0) is 50.1 Å². The topological polar surface area (TPSA) is 12.0 Å². The van der Waals surface area contributed by atoms with Crippen LogP contribution in [0.3, 0.4) is 0 Å². The van der Waals surface area contributed by atoms with Gasteiger partial charge in [-0.3, -0.25) is 0 Å². The van der Waals surface area contributed by atoms with E-state index in [2.05, 4.69) is 37.4 Å². The lowest BCUT2D eigenvalue weighted by Crippen LogP contribution is -2.17. The van der Waals surface area contributed by atoms with E-state index in [1.54, 1.807) is 6.07 Å². The lowest BCUT2D eigenvalue weighted by Gasteiger charge is -2.08. The Hall–Kier alpha value is -1.02.